The molecule has 4 rings (SSSR count). The molecule has 1 saturated heterocycles. The van der Waals surface area contributed by atoms with E-state index in [1.807, 2.05) is 26.0 Å². The molecule has 0 unspecified atom stereocenters. The second kappa shape index (κ2) is 8.58. The second-order valence-electron chi connectivity index (χ2n) is 7.44. The molecule has 0 saturated carbocycles. The van der Waals surface area contributed by atoms with Crippen LogP contribution in [-0.2, 0) is 4.79 Å². The number of rotatable bonds is 6. The molecule has 1 amide bonds. The van der Waals surface area contributed by atoms with Gasteiger partial charge in [0.25, 0.3) is 0 Å². The highest BCUT2D eigenvalue weighted by Gasteiger charge is 2.29. The topological polar surface area (TPSA) is 98.8 Å². The SMILES string of the molecule is Cc1nc(Nc2cc(C)[nH]n2)cc([C@H]2CCCN2CC(=O)Nc2ccccc2F)n1. The maximum atomic E-state index is 13.8. The number of para-hydroxylation sites is 1. The molecule has 9 heteroatoms. The number of likely N-dealkylation sites (tertiary alicyclic amines) is 1. The van der Waals surface area contributed by atoms with Crippen molar-refractivity contribution in [3.05, 3.63) is 59.4 Å². The predicted molar refractivity (Wildman–Crippen MR) is 112 cm³/mol. The summed E-state index contributed by atoms with van der Waals surface area (Å²) in [5.74, 6) is 1.29. The number of aromatic nitrogens is 4. The van der Waals surface area contributed by atoms with Crippen LogP contribution in [0.4, 0.5) is 21.7 Å². The fourth-order valence-corrected chi connectivity index (χ4v) is 3.73. The lowest BCUT2D eigenvalue weighted by molar-refractivity contribution is -0.117. The van der Waals surface area contributed by atoms with Crippen molar-refractivity contribution in [2.24, 2.45) is 0 Å². The normalized spacial score (nSPS) is 16.6. The van der Waals surface area contributed by atoms with E-state index in [9.17, 15) is 9.18 Å². The molecule has 8 nitrogen and oxygen atoms in total. The molecule has 0 spiro atoms. The molecule has 0 bridgehead atoms. The average molecular weight is 409 g/mol. The van der Waals surface area contributed by atoms with Crippen molar-refractivity contribution in [3.8, 4) is 0 Å². The number of aromatic amines is 1. The molecule has 1 aromatic carbocycles. The first-order valence-electron chi connectivity index (χ1n) is 9.91. The third-order valence-electron chi connectivity index (χ3n) is 5.02. The number of carbonyl (C=O) groups is 1. The summed E-state index contributed by atoms with van der Waals surface area (Å²) in [5.41, 5.74) is 2.00. The van der Waals surface area contributed by atoms with Crippen LogP contribution >= 0.6 is 0 Å². The summed E-state index contributed by atoms with van der Waals surface area (Å²) in [6, 6.07) is 9.95. The molecule has 30 heavy (non-hydrogen) atoms. The zero-order valence-electron chi connectivity index (χ0n) is 16.9. The van der Waals surface area contributed by atoms with E-state index in [2.05, 4.69) is 35.7 Å². The van der Waals surface area contributed by atoms with Crippen LogP contribution in [-0.4, -0.2) is 44.1 Å². The quantitative estimate of drug-likeness (QED) is 0.577. The maximum Gasteiger partial charge on any atom is 0.238 e. The van der Waals surface area contributed by atoms with E-state index in [0.717, 1.165) is 30.8 Å². The fraction of sp³-hybridized carbons (Fsp3) is 0.333. The Morgan fingerprint density at radius 1 is 1.23 bits per heavy atom. The summed E-state index contributed by atoms with van der Waals surface area (Å²) >= 11 is 0. The molecule has 0 aliphatic carbocycles. The van der Waals surface area contributed by atoms with E-state index in [4.69, 9.17) is 0 Å². The smallest absolute Gasteiger partial charge is 0.238 e. The number of anilines is 3. The van der Waals surface area contributed by atoms with Crippen molar-refractivity contribution in [3.63, 3.8) is 0 Å². The summed E-state index contributed by atoms with van der Waals surface area (Å²) in [7, 11) is 0. The molecular formula is C21H24FN7O. The minimum Gasteiger partial charge on any atom is -0.323 e. The summed E-state index contributed by atoms with van der Waals surface area (Å²) in [5, 5.41) is 12.9. The molecular weight excluding hydrogens is 385 g/mol. The highest BCUT2D eigenvalue weighted by molar-refractivity contribution is 5.92. The van der Waals surface area contributed by atoms with E-state index < -0.39 is 5.82 Å². The van der Waals surface area contributed by atoms with Crippen LogP contribution in [0.25, 0.3) is 0 Å². The van der Waals surface area contributed by atoms with Gasteiger partial charge in [-0.05, 0) is 45.4 Å². The molecule has 3 heterocycles. The largest absolute Gasteiger partial charge is 0.323 e. The lowest BCUT2D eigenvalue weighted by Gasteiger charge is -2.24. The Morgan fingerprint density at radius 3 is 2.83 bits per heavy atom. The number of amides is 1. The van der Waals surface area contributed by atoms with Crippen molar-refractivity contribution in [1.29, 1.82) is 0 Å². The average Bonchev–Trinajstić information content (AvgIpc) is 3.32. The first-order chi connectivity index (χ1) is 14.5. The number of nitrogens with one attached hydrogen (secondary N) is 3. The third kappa shape index (κ3) is 4.62. The predicted octanol–water partition coefficient (Wildman–Crippen LogP) is 3.47. The lowest BCUT2D eigenvalue weighted by Crippen LogP contribution is -2.33. The standard InChI is InChI=1S/C21H24FN7O/c1-13-10-20(28-27-13)26-19-11-17(23-14(2)24-19)18-8-5-9-29(18)12-21(30)25-16-7-4-3-6-15(16)22/h3-4,6-7,10-11,18H,5,8-9,12H2,1-2H3,(H,25,30)(H2,23,24,26,27,28)/t18-/m1/s1. The summed E-state index contributed by atoms with van der Waals surface area (Å²) in [6.45, 7) is 4.72. The number of hydrogen-bond donors (Lipinski definition) is 3. The van der Waals surface area contributed by atoms with Gasteiger partial charge in [-0.25, -0.2) is 14.4 Å². The van der Waals surface area contributed by atoms with Gasteiger partial charge in [0.1, 0.15) is 17.5 Å². The van der Waals surface area contributed by atoms with Gasteiger partial charge in [0.15, 0.2) is 5.82 Å². The van der Waals surface area contributed by atoms with Crippen LogP contribution in [0, 0.1) is 19.7 Å². The van der Waals surface area contributed by atoms with Crippen LogP contribution in [0.5, 0.6) is 0 Å². The molecule has 0 radical (unpaired) electrons. The Bertz CT molecular complexity index is 1050. The van der Waals surface area contributed by atoms with E-state index >= 15 is 0 Å². The van der Waals surface area contributed by atoms with Crippen molar-refractivity contribution in [2.75, 3.05) is 23.7 Å². The number of aryl methyl sites for hydroxylation is 2. The van der Waals surface area contributed by atoms with Crippen molar-refractivity contribution >= 4 is 23.2 Å². The fourth-order valence-electron chi connectivity index (χ4n) is 3.73. The number of halogens is 1. The highest BCUT2D eigenvalue weighted by atomic mass is 19.1. The van der Waals surface area contributed by atoms with Gasteiger partial charge in [0.2, 0.25) is 5.91 Å². The first kappa shape index (κ1) is 20.0. The van der Waals surface area contributed by atoms with Gasteiger partial charge in [-0.3, -0.25) is 14.8 Å². The van der Waals surface area contributed by atoms with Gasteiger partial charge >= 0.3 is 0 Å². The van der Waals surface area contributed by atoms with Gasteiger partial charge in [0.05, 0.1) is 24.0 Å². The van der Waals surface area contributed by atoms with E-state index in [-0.39, 0.29) is 24.2 Å². The Morgan fingerprint density at radius 2 is 2.07 bits per heavy atom. The Kier molecular flexibility index (Phi) is 5.71. The van der Waals surface area contributed by atoms with E-state index in [1.54, 1.807) is 18.2 Å². The van der Waals surface area contributed by atoms with Crippen molar-refractivity contribution < 1.29 is 9.18 Å². The number of carbonyl (C=O) groups excluding carboxylic acids is 1. The third-order valence-corrected chi connectivity index (χ3v) is 5.02. The molecule has 1 aliphatic heterocycles. The van der Waals surface area contributed by atoms with Crippen molar-refractivity contribution in [1.82, 2.24) is 25.1 Å². The number of nitrogens with zero attached hydrogens (tertiary/aromatic N) is 4. The van der Waals surface area contributed by atoms with Crippen LogP contribution in [0.1, 0.15) is 36.1 Å². The molecule has 3 N–H and O–H groups in total. The van der Waals surface area contributed by atoms with E-state index in [0.29, 0.717) is 17.5 Å². The van der Waals surface area contributed by atoms with Crippen LogP contribution in [0.3, 0.4) is 0 Å². The van der Waals surface area contributed by atoms with Gasteiger partial charge in [-0.1, -0.05) is 12.1 Å². The molecule has 2 aromatic heterocycles. The van der Waals surface area contributed by atoms with E-state index in [1.165, 1.54) is 6.07 Å². The number of benzene rings is 1. The summed E-state index contributed by atoms with van der Waals surface area (Å²) < 4.78 is 13.8. The molecule has 1 fully saturated rings. The summed E-state index contributed by atoms with van der Waals surface area (Å²) in [4.78, 5) is 23.6. The lowest BCUT2D eigenvalue weighted by atomic mass is 10.1. The Labute approximate surface area is 173 Å². The van der Waals surface area contributed by atoms with Gasteiger partial charge in [-0.15, -0.1) is 0 Å². The molecule has 3 aromatic rings. The van der Waals surface area contributed by atoms with Gasteiger partial charge in [-0.2, -0.15) is 5.10 Å². The Hall–Kier alpha value is -3.33. The first-order valence-corrected chi connectivity index (χ1v) is 9.91. The van der Waals surface area contributed by atoms with Crippen molar-refractivity contribution in [2.45, 2.75) is 32.7 Å². The molecule has 156 valence electrons. The zero-order chi connectivity index (χ0) is 21.1. The summed E-state index contributed by atoms with van der Waals surface area (Å²) in [6.07, 6.45) is 1.85. The molecule has 1 aliphatic rings. The van der Waals surface area contributed by atoms with Crippen LogP contribution in [0.15, 0.2) is 36.4 Å². The molecule has 1 atom stereocenters. The Balaban J connectivity index is 1.47. The zero-order valence-corrected chi connectivity index (χ0v) is 16.9. The minimum atomic E-state index is -0.445. The van der Waals surface area contributed by atoms with Crippen LogP contribution < -0.4 is 10.6 Å². The number of hydrogen-bond acceptors (Lipinski definition) is 6. The maximum absolute atomic E-state index is 13.8. The monoisotopic (exact) mass is 409 g/mol. The highest BCUT2D eigenvalue weighted by Crippen LogP contribution is 2.32. The number of H-pyrrole nitrogens is 1. The second-order valence-corrected chi connectivity index (χ2v) is 7.44. The van der Waals surface area contributed by atoms with Gasteiger partial charge in [0, 0.05) is 17.8 Å². The minimum absolute atomic E-state index is 0.000426. The van der Waals surface area contributed by atoms with Crippen LogP contribution in [0.2, 0.25) is 0 Å². The van der Waals surface area contributed by atoms with Gasteiger partial charge < -0.3 is 10.6 Å².